The largest absolute Gasteiger partial charge is 0.480 e. The third kappa shape index (κ3) is 25.0. The zero-order valence-corrected chi connectivity index (χ0v) is 44.7. The zero-order valence-electron chi connectivity index (χ0n) is 43.1. The second-order valence-corrected chi connectivity index (χ2v) is 21.0. The van der Waals surface area contributed by atoms with Crippen molar-refractivity contribution in [3.63, 3.8) is 0 Å². The number of ether oxygens (including phenoxy) is 1. The van der Waals surface area contributed by atoms with E-state index >= 15 is 0 Å². The van der Waals surface area contributed by atoms with E-state index in [-0.39, 0.29) is 142 Å². The molecule has 21 nitrogen and oxygen atoms in total. The Morgan fingerprint density at radius 2 is 1.13 bits per heavy atom. The summed E-state index contributed by atoms with van der Waals surface area (Å²) in [5, 5.41) is 50.5. The molecule has 2 rings (SSSR count). The van der Waals surface area contributed by atoms with Crippen LogP contribution < -0.4 is 21.3 Å². The van der Waals surface area contributed by atoms with Crippen LogP contribution in [0.15, 0.2) is 10.5 Å². The molecule has 4 amide bonds. The van der Waals surface area contributed by atoms with E-state index < -0.39 is 58.6 Å². The summed E-state index contributed by atoms with van der Waals surface area (Å²) in [5.41, 5.74) is 2.44. The van der Waals surface area contributed by atoms with Crippen LogP contribution in [0.2, 0.25) is 0 Å². The Balaban J connectivity index is 2.00. The Morgan fingerprint density at radius 3 is 1.61 bits per heavy atom. The first-order valence-corrected chi connectivity index (χ1v) is 25.3. The van der Waals surface area contributed by atoms with Gasteiger partial charge in [-0.2, -0.15) is 0 Å². The van der Waals surface area contributed by atoms with E-state index in [9.17, 15) is 58.8 Å². The SMILES string of the molecule is CCCCCC(=O)N[C@@H](CCC(=O)Nc1c(C)cc(C)c(Br)c1C)C(=O)NCC(C)(C)COCC(C)(C)CNC(=O)CCC(C(=O)O)N1CCN(CC(=O)O)CCN(CC(=O)O)CCN(CC(=O)O)CC1. The minimum absolute atomic E-state index is 0.00244. The molecule has 1 fully saturated rings. The maximum absolute atomic E-state index is 13.6. The van der Waals surface area contributed by atoms with Gasteiger partial charge in [-0.15, -0.1) is 0 Å². The van der Waals surface area contributed by atoms with Gasteiger partial charge in [0.15, 0.2) is 0 Å². The third-order valence-electron chi connectivity index (χ3n) is 12.3. The first-order valence-electron chi connectivity index (χ1n) is 24.5. The fourth-order valence-electron chi connectivity index (χ4n) is 8.13. The topological polar surface area (TPSA) is 288 Å². The number of carboxylic acids is 4. The van der Waals surface area contributed by atoms with Crippen molar-refractivity contribution in [3.05, 3.63) is 27.2 Å². The highest BCUT2D eigenvalue weighted by Crippen LogP contribution is 2.31. The number of carbonyl (C=O) groups is 8. The summed E-state index contributed by atoms with van der Waals surface area (Å²) < 4.78 is 7.01. The van der Waals surface area contributed by atoms with Crippen molar-refractivity contribution in [1.82, 2.24) is 35.6 Å². The second kappa shape index (κ2) is 31.0. The van der Waals surface area contributed by atoms with Gasteiger partial charge in [0.1, 0.15) is 12.1 Å². The maximum atomic E-state index is 13.6. The van der Waals surface area contributed by atoms with Gasteiger partial charge in [-0.1, -0.05) is 69.5 Å². The van der Waals surface area contributed by atoms with Crippen LogP contribution in [0, 0.1) is 31.6 Å². The Labute approximate surface area is 427 Å². The molecule has 1 saturated heterocycles. The Morgan fingerprint density at radius 1 is 0.648 bits per heavy atom. The average Bonchev–Trinajstić information content (AvgIpc) is 3.27. The van der Waals surface area contributed by atoms with Gasteiger partial charge >= 0.3 is 23.9 Å². The van der Waals surface area contributed by atoms with Gasteiger partial charge in [0.25, 0.3) is 0 Å². The molecule has 1 aromatic carbocycles. The van der Waals surface area contributed by atoms with Gasteiger partial charge in [-0.05, 0) is 56.7 Å². The Hall–Kier alpha value is -4.74. The number of unbranched alkanes of at least 4 members (excludes halogenated alkanes) is 2. The van der Waals surface area contributed by atoms with Crippen LogP contribution in [-0.2, 0) is 43.1 Å². The molecule has 22 heteroatoms. The lowest BCUT2D eigenvalue weighted by Gasteiger charge is -2.35. The summed E-state index contributed by atoms with van der Waals surface area (Å²) in [5.74, 6) is -5.83. The summed E-state index contributed by atoms with van der Waals surface area (Å²) in [7, 11) is 0. The number of halogens is 1. The summed E-state index contributed by atoms with van der Waals surface area (Å²) >= 11 is 3.58. The van der Waals surface area contributed by atoms with Crippen LogP contribution in [0.3, 0.4) is 0 Å². The van der Waals surface area contributed by atoms with Crippen LogP contribution in [0.4, 0.5) is 5.69 Å². The van der Waals surface area contributed by atoms with Crippen LogP contribution in [-0.4, -0.2) is 198 Å². The highest BCUT2D eigenvalue weighted by atomic mass is 79.9. The number of rotatable bonds is 29. The van der Waals surface area contributed by atoms with E-state index in [1.165, 1.54) is 0 Å². The number of carboxylic acid groups (broad SMARTS) is 4. The number of hydrogen-bond donors (Lipinski definition) is 8. The fourth-order valence-corrected chi connectivity index (χ4v) is 8.44. The molecule has 71 heavy (non-hydrogen) atoms. The van der Waals surface area contributed by atoms with Crippen molar-refractivity contribution in [2.24, 2.45) is 10.8 Å². The van der Waals surface area contributed by atoms with E-state index in [0.717, 1.165) is 34.0 Å². The van der Waals surface area contributed by atoms with Gasteiger partial charge in [-0.25, -0.2) is 0 Å². The third-order valence-corrected chi connectivity index (χ3v) is 13.5. The first-order chi connectivity index (χ1) is 33.2. The van der Waals surface area contributed by atoms with Gasteiger partial charge in [-0.3, -0.25) is 58.0 Å². The lowest BCUT2D eigenvalue weighted by atomic mass is 9.92. The summed E-state index contributed by atoms with van der Waals surface area (Å²) in [6.45, 7) is 16.5. The van der Waals surface area contributed by atoms with E-state index in [4.69, 9.17) is 4.74 Å². The normalized spacial score (nSPS) is 15.9. The molecule has 402 valence electrons. The van der Waals surface area contributed by atoms with Crippen LogP contribution >= 0.6 is 15.9 Å². The molecule has 0 aliphatic carbocycles. The molecule has 8 N–H and O–H groups in total. The zero-order chi connectivity index (χ0) is 53.5. The molecular weight excluding hydrogens is 988 g/mol. The fraction of sp³-hybridized carbons (Fsp3) is 0.714. The average molecular weight is 1070 g/mol. The summed E-state index contributed by atoms with van der Waals surface area (Å²) in [4.78, 5) is 107. The standard InChI is InChI=1S/C49H81BrN8O13/c1-9-10-11-12-39(60)53-36(13-15-40(61)54-45-34(3)25-33(2)44(50)35(45)4)46(68)52-30-49(7,8)32-71-31-48(5,6)29-51-38(59)16-14-37(47(69)70)58-23-21-56(27-42(64)65)19-17-55(26-41(62)63)18-20-57(22-24-58)28-43(66)67/h25,36-37H,9-24,26-32H2,1-8H3,(H,51,59)(H,52,68)(H,53,60)(H,54,61)(H,62,63)(H,64,65)(H,66,67)(H,69,70)/t36-,37?/m0/s1. The number of anilines is 1. The lowest BCUT2D eigenvalue weighted by molar-refractivity contribution is -0.145. The van der Waals surface area contributed by atoms with Crippen LogP contribution in [0.5, 0.6) is 0 Å². The van der Waals surface area contributed by atoms with Gasteiger partial charge in [0.05, 0.1) is 32.8 Å². The molecule has 0 saturated carbocycles. The van der Waals surface area contributed by atoms with E-state index in [2.05, 4.69) is 37.2 Å². The van der Waals surface area contributed by atoms with Crippen LogP contribution in [0.25, 0.3) is 0 Å². The molecule has 2 atom stereocenters. The number of aliphatic carboxylic acids is 4. The smallest absolute Gasteiger partial charge is 0.320 e. The van der Waals surface area contributed by atoms with Crippen molar-refractivity contribution < 1.29 is 63.5 Å². The summed E-state index contributed by atoms with van der Waals surface area (Å²) in [6, 6.07) is -0.112. The molecule has 1 heterocycles. The number of carbonyl (C=O) groups excluding carboxylic acids is 4. The maximum Gasteiger partial charge on any atom is 0.320 e. The molecule has 0 aromatic heterocycles. The molecule has 1 unspecified atom stereocenters. The van der Waals surface area contributed by atoms with Gasteiger partial charge in [0, 0.05) is 106 Å². The number of hydrogen-bond acceptors (Lipinski definition) is 13. The van der Waals surface area contributed by atoms with Gasteiger partial charge < -0.3 is 46.4 Å². The summed E-state index contributed by atoms with van der Waals surface area (Å²) in [6.07, 6.45) is 2.63. The molecule has 1 aromatic rings. The number of amides is 4. The van der Waals surface area contributed by atoms with Crippen molar-refractivity contribution >= 4 is 69.1 Å². The second-order valence-electron chi connectivity index (χ2n) is 20.2. The lowest BCUT2D eigenvalue weighted by Crippen LogP contribution is -2.52. The molecule has 0 bridgehead atoms. The van der Waals surface area contributed by atoms with E-state index in [1.807, 2.05) is 61.5 Å². The molecule has 0 spiro atoms. The Kier molecular flexibility index (Phi) is 27.2. The van der Waals surface area contributed by atoms with Crippen LogP contribution in [0.1, 0.15) is 103 Å². The minimum atomic E-state index is -1.19. The number of nitrogens with one attached hydrogen (secondary N) is 4. The molecule has 1 aliphatic heterocycles. The predicted octanol–water partition coefficient (Wildman–Crippen LogP) is 3.17. The highest BCUT2D eigenvalue weighted by molar-refractivity contribution is 9.10. The number of benzene rings is 1. The molecular formula is C49H81BrN8O13. The molecule has 0 radical (unpaired) electrons. The number of nitrogens with zero attached hydrogens (tertiary/aromatic N) is 4. The number of aryl methyl sites for hydroxylation is 2. The van der Waals surface area contributed by atoms with E-state index in [0.29, 0.717) is 12.1 Å². The van der Waals surface area contributed by atoms with Crippen molar-refractivity contribution in [2.45, 2.75) is 119 Å². The first kappa shape index (κ1) is 62.4. The van der Waals surface area contributed by atoms with E-state index in [1.54, 1.807) is 19.6 Å². The van der Waals surface area contributed by atoms with Crippen molar-refractivity contribution in [3.8, 4) is 0 Å². The highest BCUT2D eigenvalue weighted by Gasteiger charge is 2.31. The quantitative estimate of drug-likeness (QED) is 0.0535. The van der Waals surface area contributed by atoms with Gasteiger partial charge in [0.2, 0.25) is 23.6 Å². The Bertz CT molecular complexity index is 1940. The van der Waals surface area contributed by atoms with Crippen molar-refractivity contribution in [2.75, 3.05) is 104 Å². The molecule has 1 aliphatic rings. The predicted molar refractivity (Wildman–Crippen MR) is 271 cm³/mol. The monoisotopic (exact) mass is 1070 g/mol. The minimum Gasteiger partial charge on any atom is -0.480 e. The van der Waals surface area contributed by atoms with Crippen molar-refractivity contribution in [1.29, 1.82) is 0 Å².